The molecule has 0 amide bonds. The Kier molecular flexibility index (Phi) is 3.64. The number of hydrogen-bond donors (Lipinski definition) is 1. The van der Waals surface area contributed by atoms with E-state index in [1.54, 1.807) is 0 Å². The number of thioether (sulfide) groups is 1. The van der Waals surface area contributed by atoms with Gasteiger partial charge in [-0.2, -0.15) is 16.7 Å². The van der Waals surface area contributed by atoms with Gasteiger partial charge < -0.3 is 9.84 Å². The summed E-state index contributed by atoms with van der Waals surface area (Å²) in [5.74, 6) is 2.94. The second-order valence-electron chi connectivity index (χ2n) is 3.93. The summed E-state index contributed by atoms with van der Waals surface area (Å²) in [6.45, 7) is 6.36. The van der Waals surface area contributed by atoms with Gasteiger partial charge in [-0.05, 0) is 6.42 Å². The number of rotatable bonds is 5. The van der Waals surface area contributed by atoms with Crippen LogP contribution in [0.4, 0.5) is 0 Å². The molecule has 2 heterocycles. The molecule has 0 saturated carbocycles. The second kappa shape index (κ2) is 4.99. The van der Waals surface area contributed by atoms with Crippen LogP contribution in [0.25, 0.3) is 0 Å². The molecule has 0 aromatic carbocycles. The Balaban J connectivity index is 1.84. The van der Waals surface area contributed by atoms with Crippen LogP contribution >= 0.6 is 11.8 Å². The zero-order chi connectivity index (χ0) is 10.7. The third-order valence-corrected chi connectivity index (χ3v) is 4.01. The van der Waals surface area contributed by atoms with Crippen molar-refractivity contribution in [2.45, 2.75) is 37.2 Å². The molecule has 4 nitrogen and oxygen atoms in total. The standard InChI is InChI=1S/C10H17N3OS/c1-3-7(2)15-6-9-12-10(14-13-9)8-4-11-5-8/h7-8,11H,3-6H2,1-2H3. The van der Waals surface area contributed by atoms with E-state index in [0.29, 0.717) is 11.2 Å². The minimum absolute atomic E-state index is 0.444. The molecule has 1 aliphatic heterocycles. The molecule has 1 fully saturated rings. The molecule has 0 radical (unpaired) electrons. The van der Waals surface area contributed by atoms with Crippen molar-refractivity contribution in [3.63, 3.8) is 0 Å². The maximum Gasteiger partial charge on any atom is 0.232 e. The van der Waals surface area contributed by atoms with E-state index in [4.69, 9.17) is 4.52 Å². The maximum absolute atomic E-state index is 5.22. The minimum Gasteiger partial charge on any atom is -0.339 e. The summed E-state index contributed by atoms with van der Waals surface area (Å²) in [6, 6.07) is 0. The lowest BCUT2D eigenvalue weighted by Gasteiger charge is -2.22. The molecule has 1 atom stereocenters. The third-order valence-electron chi connectivity index (χ3n) is 2.69. The van der Waals surface area contributed by atoms with Crippen LogP contribution in [0.2, 0.25) is 0 Å². The molecule has 0 spiro atoms. The molecule has 1 aromatic rings. The Labute approximate surface area is 94.2 Å². The summed E-state index contributed by atoms with van der Waals surface area (Å²) in [5.41, 5.74) is 0. The molecular weight excluding hydrogens is 210 g/mol. The summed E-state index contributed by atoms with van der Waals surface area (Å²) in [5, 5.41) is 7.85. The van der Waals surface area contributed by atoms with Crippen LogP contribution in [0.15, 0.2) is 4.52 Å². The highest BCUT2D eigenvalue weighted by Gasteiger charge is 2.24. The van der Waals surface area contributed by atoms with Gasteiger partial charge in [-0.25, -0.2) is 0 Å². The molecule has 1 saturated heterocycles. The molecule has 1 N–H and O–H groups in total. The van der Waals surface area contributed by atoms with Crippen molar-refractivity contribution in [2.24, 2.45) is 0 Å². The lowest BCUT2D eigenvalue weighted by molar-refractivity contribution is 0.306. The average Bonchev–Trinajstić information content (AvgIpc) is 2.60. The summed E-state index contributed by atoms with van der Waals surface area (Å²) in [6.07, 6.45) is 1.18. The Morgan fingerprint density at radius 1 is 1.60 bits per heavy atom. The first-order chi connectivity index (χ1) is 7.29. The van der Waals surface area contributed by atoms with Gasteiger partial charge in [0.05, 0.1) is 11.7 Å². The number of nitrogens with zero attached hydrogens (tertiary/aromatic N) is 2. The quantitative estimate of drug-likeness (QED) is 0.831. The Bertz CT molecular complexity index is 311. The first-order valence-electron chi connectivity index (χ1n) is 5.44. The van der Waals surface area contributed by atoms with Crippen LogP contribution in [0.5, 0.6) is 0 Å². The minimum atomic E-state index is 0.444. The van der Waals surface area contributed by atoms with Crippen molar-refractivity contribution in [1.82, 2.24) is 15.5 Å². The molecular formula is C10H17N3OS. The van der Waals surface area contributed by atoms with Crippen molar-refractivity contribution in [3.8, 4) is 0 Å². The Morgan fingerprint density at radius 2 is 2.40 bits per heavy atom. The lowest BCUT2D eigenvalue weighted by atomic mass is 10.0. The number of aromatic nitrogens is 2. The van der Waals surface area contributed by atoms with Crippen LogP contribution in [-0.4, -0.2) is 28.5 Å². The van der Waals surface area contributed by atoms with Gasteiger partial charge in [0.15, 0.2) is 5.82 Å². The largest absolute Gasteiger partial charge is 0.339 e. The SMILES string of the molecule is CCC(C)SCc1noc(C2CNC2)n1. The molecule has 2 rings (SSSR count). The summed E-state index contributed by atoms with van der Waals surface area (Å²) >= 11 is 1.88. The molecule has 5 heteroatoms. The molecule has 1 unspecified atom stereocenters. The normalized spacial score (nSPS) is 18.8. The van der Waals surface area contributed by atoms with Crippen molar-refractivity contribution in [3.05, 3.63) is 11.7 Å². The van der Waals surface area contributed by atoms with Crippen LogP contribution in [-0.2, 0) is 5.75 Å². The third kappa shape index (κ3) is 2.72. The molecule has 0 bridgehead atoms. The van der Waals surface area contributed by atoms with Gasteiger partial charge in [-0.3, -0.25) is 0 Å². The molecule has 84 valence electrons. The predicted octanol–water partition coefficient (Wildman–Crippen LogP) is 1.79. The fourth-order valence-corrected chi connectivity index (χ4v) is 2.08. The van der Waals surface area contributed by atoms with Crippen molar-refractivity contribution in [2.75, 3.05) is 13.1 Å². The van der Waals surface area contributed by atoms with E-state index in [9.17, 15) is 0 Å². The Hall–Kier alpha value is -0.550. The van der Waals surface area contributed by atoms with E-state index in [0.717, 1.165) is 30.6 Å². The maximum atomic E-state index is 5.22. The average molecular weight is 227 g/mol. The van der Waals surface area contributed by atoms with E-state index < -0.39 is 0 Å². The zero-order valence-electron chi connectivity index (χ0n) is 9.19. The molecule has 0 aliphatic carbocycles. The van der Waals surface area contributed by atoms with E-state index >= 15 is 0 Å². The molecule has 1 aliphatic rings. The van der Waals surface area contributed by atoms with E-state index in [1.165, 1.54) is 6.42 Å². The van der Waals surface area contributed by atoms with E-state index in [2.05, 4.69) is 29.3 Å². The first-order valence-corrected chi connectivity index (χ1v) is 6.49. The first kappa shape index (κ1) is 11.0. The summed E-state index contributed by atoms with van der Waals surface area (Å²) < 4.78 is 5.22. The number of nitrogens with one attached hydrogen (secondary N) is 1. The van der Waals surface area contributed by atoms with E-state index in [1.807, 2.05) is 11.8 Å². The van der Waals surface area contributed by atoms with Gasteiger partial charge >= 0.3 is 0 Å². The summed E-state index contributed by atoms with van der Waals surface area (Å²) in [4.78, 5) is 4.40. The van der Waals surface area contributed by atoms with Gasteiger partial charge in [0, 0.05) is 18.3 Å². The lowest BCUT2D eigenvalue weighted by Crippen LogP contribution is -2.40. The van der Waals surface area contributed by atoms with Crippen molar-refractivity contribution < 1.29 is 4.52 Å². The van der Waals surface area contributed by atoms with Crippen LogP contribution in [0.3, 0.4) is 0 Å². The number of hydrogen-bond acceptors (Lipinski definition) is 5. The van der Waals surface area contributed by atoms with Gasteiger partial charge in [-0.1, -0.05) is 19.0 Å². The van der Waals surface area contributed by atoms with E-state index in [-0.39, 0.29) is 0 Å². The van der Waals surface area contributed by atoms with Crippen LogP contribution in [0, 0.1) is 0 Å². The fraction of sp³-hybridized carbons (Fsp3) is 0.800. The van der Waals surface area contributed by atoms with Gasteiger partial charge in [0.1, 0.15) is 0 Å². The van der Waals surface area contributed by atoms with Crippen molar-refractivity contribution >= 4 is 11.8 Å². The second-order valence-corrected chi connectivity index (χ2v) is 5.36. The van der Waals surface area contributed by atoms with Crippen molar-refractivity contribution in [1.29, 1.82) is 0 Å². The van der Waals surface area contributed by atoms with Gasteiger partial charge in [0.25, 0.3) is 0 Å². The van der Waals surface area contributed by atoms with Crippen LogP contribution < -0.4 is 5.32 Å². The highest BCUT2D eigenvalue weighted by molar-refractivity contribution is 7.99. The van der Waals surface area contributed by atoms with Crippen LogP contribution in [0.1, 0.15) is 37.9 Å². The predicted molar refractivity (Wildman–Crippen MR) is 61.0 cm³/mol. The molecule has 1 aromatic heterocycles. The van der Waals surface area contributed by atoms with Gasteiger partial charge in [-0.15, -0.1) is 0 Å². The zero-order valence-corrected chi connectivity index (χ0v) is 10.0. The molecule has 15 heavy (non-hydrogen) atoms. The fourth-order valence-electron chi connectivity index (χ4n) is 1.29. The highest BCUT2D eigenvalue weighted by Crippen LogP contribution is 2.21. The highest BCUT2D eigenvalue weighted by atomic mass is 32.2. The Morgan fingerprint density at radius 3 is 3.00 bits per heavy atom. The topological polar surface area (TPSA) is 51.0 Å². The van der Waals surface area contributed by atoms with Gasteiger partial charge in [0.2, 0.25) is 5.89 Å². The summed E-state index contributed by atoms with van der Waals surface area (Å²) in [7, 11) is 0. The smallest absolute Gasteiger partial charge is 0.232 e. The monoisotopic (exact) mass is 227 g/mol.